The minimum atomic E-state index is -0.256. The van der Waals surface area contributed by atoms with Crippen LogP contribution in [0.1, 0.15) is 57.9 Å². The third-order valence-electron chi connectivity index (χ3n) is 8.95. The average Bonchev–Trinajstić information content (AvgIpc) is 3.06. The minimum absolute atomic E-state index is 0.0782. The van der Waals surface area contributed by atoms with Crippen molar-refractivity contribution >= 4 is 5.57 Å². The lowest BCUT2D eigenvalue weighted by Gasteiger charge is -2.57. The number of hydrogen-bond donors (Lipinski definition) is 3. The van der Waals surface area contributed by atoms with Crippen molar-refractivity contribution < 1.29 is 10.2 Å². The standard InChI is InChI=1S/C25H37NO2/c1-24(12-10-19(28)14-18(24)16-27)23-11-13-25(2)21(17-6-4-3-5-7-17)8-9-22(25)20(23)15-26/h3-8,18-20,22-23,27-28H,9-16,26H2,1-2H3/t18-,19+,20+,22+,23+,24+,25-/m1/s1. The Kier molecular flexibility index (Phi) is 5.45. The molecule has 1 aromatic carbocycles. The highest BCUT2D eigenvalue weighted by atomic mass is 16.3. The average molecular weight is 384 g/mol. The first-order valence-electron chi connectivity index (χ1n) is 11.2. The molecule has 0 bridgehead atoms. The summed E-state index contributed by atoms with van der Waals surface area (Å²) in [6.07, 6.45) is 8.28. The Morgan fingerprint density at radius 3 is 2.50 bits per heavy atom. The Bertz CT molecular complexity index is 717. The van der Waals surface area contributed by atoms with Crippen LogP contribution in [-0.2, 0) is 0 Å². The molecule has 0 aliphatic heterocycles. The molecule has 0 heterocycles. The summed E-state index contributed by atoms with van der Waals surface area (Å²) in [6.45, 7) is 5.73. The highest BCUT2D eigenvalue weighted by Gasteiger charge is 2.56. The summed E-state index contributed by atoms with van der Waals surface area (Å²) >= 11 is 0. The molecule has 0 radical (unpaired) electrons. The summed E-state index contributed by atoms with van der Waals surface area (Å²) in [6, 6.07) is 10.9. The van der Waals surface area contributed by atoms with Gasteiger partial charge in [0.05, 0.1) is 6.10 Å². The topological polar surface area (TPSA) is 66.5 Å². The number of benzene rings is 1. The lowest BCUT2D eigenvalue weighted by atomic mass is 9.48. The van der Waals surface area contributed by atoms with Gasteiger partial charge in [-0.15, -0.1) is 0 Å². The van der Waals surface area contributed by atoms with Gasteiger partial charge < -0.3 is 15.9 Å². The molecule has 0 unspecified atom stereocenters. The van der Waals surface area contributed by atoms with Gasteiger partial charge in [-0.1, -0.05) is 50.3 Å². The van der Waals surface area contributed by atoms with Crippen molar-refractivity contribution in [2.24, 2.45) is 40.2 Å². The Morgan fingerprint density at radius 2 is 1.82 bits per heavy atom. The molecule has 3 heteroatoms. The number of fused-ring (bicyclic) bond motifs is 1. The smallest absolute Gasteiger partial charge is 0.0544 e. The van der Waals surface area contributed by atoms with E-state index in [1.54, 1.807) is 0 Å². The molecule has 4 N–H and O–H groups in total. The second-order valence-corrected chi connectivity index (χ2v) is 10.1. The van der Waals surface area contributed by atoms with Crippen LogP contribution in [0.3, 0.4) is 0 Å². The summed E-state index contributed by atoms with van der Waals surface area (Å²) in [4.78, 5) is 0. The van der Waals surface area contributed by atoms with Gasteiger partial charge in [-0.25, -0.2) is 0 Å². The molecule has 4 rings (SSSR count). The molecule has 1 aromatic rings. The zero-order chi connectivity index (χ0) is 19.9. The van der Waals surface area contributed by atoms with Gasteiger partial charge in [-0.05, 0) is 90.7 Å². The fourth-order valence-corrected chi connectivity index (χ4v) is 7.24. The van der Waals surface area contributed by atoms with E-state index in [1.807, 2.05) is 0 Å². The first-order chi connectivity index (χ1) is 13.4. The minimum Gasteiger partial charge on any atom is -0.396 e. The molecule has 2 saturated carbocycles. The van der Waals surface area contributed by atoms with Gasteiger partial charge in [-0.3, -0.25) is 0 Å². The van der Waals surface area contributed by atoms with Gasteiger partial charge in [0.2, 0.25) is 0 Å². The van der Waals surface area contributed by atoms with E-state index in [0.29, 0.717) is 17.8 Å². The molecule has 3 nitrogen and oxygen atoms in total. The molecule has 0 saturated heterocycles. The number of allylic oxidation sites excluding steroid dienone is 2. The Hall–Kier alpha value is -1.16. The molecule has 3 aliphatic carbocycles. The number of aliphatic hydroxyl groups excluding tert-OH is 2. The lowest BCUT2D eigenvalue weighted by molar-refractivity contribution is -0.0904. The quantitative estimate of drug-likeness (QED) is 0.728. The Labute approximate surface area is 170 Å². The van der Waals surface area contributed by atoms with E-state index in [2.05, 4.69) is 50.3 Å². The zero-order valence-electron chi connectivity index (χ0n) is 17.5. The third-order valence-corrected chi connectivity index (χ3v) is 8.95. The van der Waals surface area contributed by atoms with E-state index >= 15 is 0 Å². The van der Waals surface area contributed by atoms with Crippen LogP contribution in [0.2, 0.25) is 0 Å². The van der Waals surface area contributed by atoms with E-state index in [-0.39, 0.29) is 29.5 Å². The second-order valence-electron chi connectivity index (χ2n) is 10.1. The van der Waals surface area contributed by atoms with E-state index in [1.165, 1.54) is 24.0 Å². The van der Waals surface area contributed by atoms with Crippen molar-refractivity contribution in [2.75, 3.05) is 13.2 Å². The normalized spacial score (nSPS) is 43.5. The van der Waals surface area contributed by atoms with E-state index < -0.39 is 0 Å². The molecule has 3 aliphatic rings. The van der Waals surface area contributed by atoms with Crippen LogP contribution in [0.4, 0.5) is 0 Å². The van der Waals surface area contributed by atoms with Crippen LogP contribution in [-0.4, -0.2) is 29.5 Å². The Morgan fingerprint density at radius 1 is 1.07 bits per heavy atom. The molecule has 154 valence electrons. The fraction of sp³-hybridized carbons (Fsp3) is 0.680. The van der Waals surface area contributed by atoms with Gasteiger partial charge in [-0.2, -0.15) is 0 Å². The van der Waals surface area contributed by atoms with Crippen molar-refractivity contribution in [3.8, 4) is 0 Å². The number of rotatable bonds is 4. The predicted octanol–water partition coefficient (Wildman–Crippen LogP) is 4.24. The van der Waals surface area contributed by atoms with Crippen molar-refractivity contribution in [2.45, 2.75) is 58.5 Å². The van der Waals surface area contributed by atoms with Gasteiger partial charge in [0.15, 0.2) is 0 Å². The third kappa shape index (κ3) is 3.07. The lowest BCUT2D eigenvalue weighted by Crippen LogP contribution is -2.53. The summed E-state index contributed by atoms with van der Waals surface area (Å²) in [7, 11) is 0. The van der Waals surface area contributed by atoms with Gasteiger partial charge in [0.1, 0.15) is 0 Å². The Balaban J connectivity index is 1.63. The molecule has 0 aromatic heterocycles. The predicted molar refractivity (Wildman–Crippen MR) is 114 cm³/mol. The molecular weight excluding hydrogens is 346 g/mol. The van der Waals surface area contributed by atoms with Crippen molar-refractivity contribution in [1.29, 1.82) is 0 Å². The highest BCUT2D eigenvalue weighted by molar-refractivity contribution is 5.72. The van der Waals surface area contributed by atoms with Crippen LogP contribution in [0.5, 0.6) is 0 Å². The van der Waals surface area contributed by atoms with Gasteiger partial charge in [0.25, 0.3) is 0 Å². The van der Waals surface area contributed by atoms with Gasteiger partial charge in [0, 0.05) is 6.61 Å². The van der Waals surface area contributed by atoms with Crippen LogP contribution < -0.4 is 5.73 Å². The van der Waals surface area contributed by atoms with Crippen molar-refractivity contribution in [3.05, 3.63) is 42.0 Å². The fourth-order valence-electron chi connectivity index (χ4n) is 7.24. The summed E-state index contributed by atoms with van der Waals surface area (Å²) in [5.41, 5.74) is 9.59. The maximum absolute atomic E-state index is 10.2. The monoisotopic (exact) mass is 383 g/mol. The summed E-state index contributed by atoms with van der Waals surface area (Å²) < 4.78 is 0. The van der Waals surface area contributed by atoms with Crippen LogP contribution >= 0.6 is 0 Å². The first kappa shape index (κ1) is 20.1. The first-order valence-corrected chi connectivity index (χ1v) is 11.2. The second kappa shape index (κ2) is 7.59. The summed E-state index contributed by atoms with van der Waals surface area (Å²) in [5, 5.41) is 20.3. The maximum Gasteiger partial charge on any atom is 0.0544 e. The van der Waals surface area contributed by atoms with Crippen LogP contribution in [0.25, 0.3) is 5.57 Å². The van der Waals surface area contributed by atoms with E-state index in [9.17, 15) is 10.2 Å². The van der Waals surface area contributed by atoms with Crippen LogP contribution in [0, 0.1) is 34.5 Å². The number of nitrogens with two attached hydrogens (primary N) is 1. The van der Waals surface area contributed by atoms with Gasteiger partial charge >= 0.3 is 0 Å². The van der Waals surface area contributed by atoms with Crippen molar-refractivity contribution in [1.82, 2.24) is 0 Å². The number of hydrogen-bond acceptors (Lipinski definition) is 3. The largest absolute Gasteiger partial charge is 0.396 e. The molecular formula is C25H37NO2. The molecule has 28 heavy (non-hydrogen) atoms. The van der Waals surface area contributed by atoms with Crippen molar-refractivity contribution in [3.63, 3.8) is 0 Å². The molecule has 2 fully saturated rings. The highest BCUT2D eigenvalue weighted by Crippen LogP contribution is 2.63. The van der Waals surface area contributed by atoms with E-state index in [0.717, 1.165) is 32.2 Å². The maximum atomic E-state index is 10.2. The SMILES string of the molecule is C[C@]1([C@H]2CC[C@]3(C)C(c4ccccc4)=CC[C@H]3[C@@H]2CN)CC[C@H](O)C[C@@H]1CO. The molecule has 0 spiro atoms. The van der Waals surface area contributed by atoms with Crippen LogP contribution in [0.15, 0.2) is 36.4 Å². The zero-order valence-corrected chi connectivity index (χ0v) is 17.5. The summed E-state index contributed by atoms with van der Waals surface area (Å²) in [5.74, 6) is 1.77. The molecule has 7 atom stereocenters. The number of aliphatic hydroxyl groups is 2. The molecule has 0 amide bonds. The van der Waals surface area contributed by atoms with E-state index in [4.69, 9.17) is 5.73 Å².